The zero-order valence-corrected chi connectivity index (χ0v) is 20.7. The highest BCUT2D eigenvalue weighted by molar-refractivity contribution is 7.92. The molecule has 0 radical (unpaired) electrons. The number of carbonyl (C=O) groups is 1. The van der Waals surface area contributed by atoms with E-state index in [1.165, 1.54) is 16.9 Å². The number of fused-ring (bicyclic) bond motifs is 1. The van der Waals surface area contributed by atoms with Crippen molar-refractivity contribution in [2.75, 3.05) is 13.2 Å². The molecular weight excluding hydrogens is 519 g/mol. The minimum absolute atomic E-state index is 0.134. The minimum Gasteiger partial charge on any atom is -0.435 e. The van der Waals surface area contributed by atoms with Crippen LogP contribution in [0.2, 0.25) is 0 Å². The number of hydrogen-bond acceptors (Lipinski definition) is 8. The fraction of sp³-hybridized carbons (Fsp3) is 0.522. The van der Waals surface area contributed by atoms with Gasteiger partial charge in [-0.3, -0.25) is 9.48 Å². The van der Waals surface area contributed by atoms with Crippen molar-refractivity contribution in [1.29, 1.82) is 0 Å². The van der Waals surface area contributed by atoms with Crippen molar-refractivity contribution in [2.45, 2.75) is 61.3 Å². The molecule has 1 unspecified atom stereocenters. The smallest absolute Gasteiger partial charge is 0.387 e. The quantitative estimate of drug-likeness (QED) is 0.375. The van der Waals surface area contributed by atoms with Crippen LogP contribution in [0.4, 0.5) is 13.2 Å². The fourth-order valence-corrected chi connectivity index (χ4v) is 7.11. The number of alkyl halides is 2. The Bertz CT molecular complexity index is 1360. The first-order chi connectivity index (χ1) is 17.2. The molecule has 0 N–H and O–H groups in total. The van der Waals surface area contributed by atoms with Crippen molar-refractivity contribution in [1.82, 2.24) is 14.8 Å². The zero-order chi connectivity index (χ0) is 25.4. The molecular formula is C23H24F3N3O5S2. The predicted octanol–water partition coefficient (Wildman–Crippen LogP) is 4.34. The summed E-state index contributed by atoms with van der Waals surface area (Å²) in [5.41, 5.74) is 0.211. The predicted molar refractivity (Wildman–Crippen MR) is 125 cm³/mol. The van der Waals surface area contributed by atoms with Gasteiger partial charge in [0.25, 0.3) is 0 Å². The Balaban J connectivity index is 1.59. The Kier molecular flexibility index (Phi) is 7.05. The van der Waals surface area contributed by atoms with Crippen LogP contribution in [0.3, 0.4) is 0 Å². The number of hydrogen-bond donors (Lipinski definition) is 0. The van der Waals surface area contributed by atoms with Gasteiger partial charge in [0.15, 0.2) is 20.8 Å². The fourth-order valence-electron chi connectivity index (χ4n) is 4.60. The average Bonchev–Trinajstić information content (AvgIpc) is 3.51. The van der Waals surface area contributed by atoms with Gasteiger partial charge in [0.05, 0.1) is 34.5 Å². The number of thiazole rings is 1. The molecule has 5 rings (SSSR count). The van der Waals surface area contributed by atoms with Gasteiger partial charge in [-0.15, -0.1) is 0 Å². The van der Waals surface area contributed by atoms with Crippen molar-refractivity contribution in [3.05, 3.63) is 34.7 Å². The molecule has 1 atom stereocenters. The summed E-state index contributed by atoms with van der Waals surface area (Å²) in [7, 11) is -3.79. The second-order valence-electron chi connectivity index (χ2n) is 9.07. The van der Waals surface area contributed by atoms with Crippen molar-refractivity contribution in [2.24, 2.45) is 5.92 Å². The van der Waals surface area contributed by atoms with Gasteiger partial charge in [-0.2, -0.15) is 18.3 Å². The van der Waals surface area contributed by atoms with Crippen molar-refractivity contribution in [3.63, 3.8) is 0 Å². The lowest BCUT2D eigenvalue weighted by molar-refractivity contribution is -0.122. The molecule has 3 aromatic rings. The summed E-state index contributed by atoms with van der Waals surface area (Å²) < 4.78 is 77.3. The van der Waals surface area contributed by atoms with Gasteiger partial charge >= 0.3 is 6.61 Å². The Hall–Kier alpha value is -2.51. The van der Waals surface area contributed by atoms with Crippen LogP contribution < -0.4 is 4.74 Å². The van der Waals surface area contributed by atoms with Gasteiger partial charge in [0, 0.05) is 24.7 Å². The lowest BCUT2D eigenvalue weighted by Gasteiger charge is -2.26. The number of sulfone groups is 1. The number of nitrogens with zero attached hydrogens (tertiary/aromatic N) is 3. The van der Waals surface area contributed by atoms with Gasteiger partial charge in [-0.05, 0) is 44.1 Å². The van der Waals surface area contributed by atoms with Gasteiger partial charge in [-0.25, -0.2) is 13.4 Å². The summed E-state index contributed by atoms with van der Waals surface area (Å²) >= 11 is 0.775. The first kappa shape index (κ1) is 25.2. The van der Waals surface area contributed by atoms with E-state index in [2.05, 4.69) is 14.8 Å². The van der Waals surface area contributed by atoms with E-state index >= 15 is 0 Å². The molecule has 8 nitrogen and oxygen atoms in total. The lowest BCUT2D eigenvalue weighted by Crippen LogP contribution is -2.27. The largest absolute Gasteiger partial charge is 0.435 e. The Labute approximate surface area is 209 Å². The molecule has 1 aliphatic heterocycles. The molecule has 194 valence electrons. The topological polar surface area (TPSA) is 100 Å². The molecule has 0 spiro atoms. The number of aromatic nitrogens is 3. The van der Waals surface area contributed by atoms with Gasteiger partial charge < -0.3 is 9.47 Å². The average molecular weight is 544 g/mol. The molecule has 2 fully saturated rings. The first-order valence-corrected chi connectivity index (χ1v) is 14.0. The maximum atomic E-state index is 13.5. The van der Waals surface area contributed by atoms with E-state index in [9.17, 15) is 26.4 Å². The lowest BCUT2D eigenvalue weighted by atomic mass is 9.90. The second-order valence-corrected chi connectivity index (χ2v) is 12.3. The van der Waals surface area contributed by atoms with E-state index in [4.69, 9.17) is 4.74 Å². The summed E-state index contributed by atoms with van der Waals surface area (Å²) in [5, 5.41) is 3.84. The van der Waals surface area contributed by atoms with Crippen LogP contribution in [0, 0.1) is 11.0 Å². The van der Waals surface area contributed by atoms with Crippen LogP contribution in [0.1, 0.15) is 43.2 Å². The molecule has 3 heterocycles. The molecule has 1 aliphatic carbocycles. The SMILES string of the molecule is O=C(Cc1ncc(F)s1)C(CC1CCOCC1)n1ncc2c(S(=O)(=O)C3CC3)cc(OC(F)F)cc21. The third-order valence-electron chi connectivity index (χ3n) is 6.56. The van der Waals surface area contributed by atoms with Crippen molar-refractivity contribution >= 4 is 37.9 Å². The molecule has 13 heteroatoms. The first-order valence-electron chi connectivity index (χ1n) is 11.6. The summed E-state index contributed by atoms with van der Waals surface area (Å²) in [6.45, 7) is -2.05. The molecule has 36 heavy (non-hydrogen) atoms. The van der Waals surface area contributed by atoms with Crippen molar-refractivity contribution < 1.29 is 35.9 Å². The van der Waals surface area contributed by atoms with E-state index < -0.39 is 32.9 Å². The van der Waals surface area contributed by atoms with Crippen LogP contribution in [0.5, 0.6) is 5.75 Å². The van der Waals surface area contributed by atoms with E-state index in [0.717, 1.165) is 36.4 Å². The van der Waals surface area contributed by atoms with Crippen LogP contribution in [-0.4, -0.2) is 54.0 Å². The maximum Gasteiger partial charge on any atom is 0.387 e. The van der Waals surface area contributed by atoms with Crippen molar-refractivity contribution in [3.8, 4) is 5.75 Å². The van der Waals surface area contributed by atoms with E-state index in [1.807, 2.05) is 0 Å². The highest BCUT2D eigenvalue weighted by atomic mass is 32.2. The highest BCUT2D eigenvalue weighted by Crippen LogP contribution is 2.40. The van der Waals surface area contributed by atoms with E-state index in [-0.39, 0.29) is 39.7 Å². The maximum absolute atomic E-state index is 13.5. The Morgan fingerprint density at radius 2 is 1.94 bits per heavy atom. The summed E-state index contributed by atoms with van der Waals surface area (Å²) in [5.74, 6) is -0.472. The monoisotopic (exact) mass is 543 g/mol. The molecule has 2 aliphatic rings. The van der Waals surface area contributed by atoms with E-state index in [1.54, 1.807) is 0 Å². The summed E-state index contributed by atoms with van der Waals surface area (Å²) in [4.78, 5) is 17.3. The normalized spacial score (nSPS) is 18.1. The van der Waals surface area contributed by atoms with Crippen LogP contribution >= 0.6 is 11.3 Å². The molecule has 1 saturated heterocycles. The molecule has 2 aromatic heterocycles. The van der Waals surface area contributed by atoms with E-state index in [0.29, 0.717) is 37.5 Å². The summed E-state index contributed by atoms with van der Waals surface area (Å²) in [6.07, 6.45) is 5.10. The number of Topliss-reactive ketones (excluding diaryl/α,β-unsaturated/α-hetero) is 1. The number of halogens is 3. The number of benzene rings is 1. The van der Waals surface area contributed by atoms with Gasteiger partial charge in [0.2, 0.25) is 0 Å². The van der Waals surface area contributed by atoms with Crippen LogP contribution in [0.25, 0.3) is 10.9 Å². The number of carbonyl (C=O) groups excluding carboxylic acids is 1. The number of ketones is 1. The highest BCUT2D eigenvalue weighted by Gasteiger charge is 2.39. The molecule has 0 bridgehead atoms. The number of rotatable bonds is 10. The van der Waals surface area contributed by atoms with Crippen LogP contribution in [0.15, 0.2) is 29.4 Å². The van der Waals surface area contributed by atoms with Gasteiger partial charge in [0.1, 0.15) is 16.8 Å². The zero-order valence-electron chi connectivity index (χ0n) is 19.1. The van der Waals surface area contributed by atoms with Gasteiger partial charge in [-0.1, -0.05) is 11.3 Å². The number of ether oxygens (including phenoxy) is 2. The third-order valence-corrected chi connectivity index (χ3v) is 9.65. The minimum atomic E-state index is -3.79. The Morgan fingerprint density at radius 3 is 2.58 bits per heavy atom. The second kappa shape index (κ2) is 10.1. The standard InChI is InChI=1S/C23H24F3N3O5S2/c24-21-12-27-22(35-21)10-19(30)18(7-13-3-5-33-6-4-13)29-17-8-14(34-23(25)26)9-20(16(17)11-28-29)36(31,32)15-1-2-15/h8-9,11-13,15,18,23H,1-7,10H2. The van der Waals surface area contributed by atoms with Crippen LogP contribution in [-0.2, 0) is 25.8 Å². The molecule has 0 amide bonds. The third kappa shape index (κ3) is 5.28. The Morgan fingerprint density at radius 1 is 1.19 bits per heavy atom. The summed E-state index contributed by atoms with van der Waals surface area (Å²) in [6, 6.07) is 1.55. The molecule has 1 saturated carbocycles. The molecule has 1 aromatic carbocycles.